The zero-order valence-corrected chi connectivity index (χ0v) is 17.7. The van der Waals surface area contributed by atoms with E-state index in [1.165, 1.54) is 11.3 Å². The van der Waals surface area contributed by atoms with E-state index in [0.717, 1.165) is 48.5 Å². The quantitative estimate of drug-likeness (QED) is 0.644. The third kappa shape index (κ3) is 5.08. The highest BCUT2D eigenvalue weighted by Gasteiger charge is 2.19. The lowest BCUT2D eigenvalue weighted by molar-refractivity contribution is 0.102. The molecule has 0 bridgehead atoms. The maximum absolute atomic E-state index is 12.4. The summed E-state index contributed by atoms with van der Waals surface area (Å²) >= 11 is 3.02. The molecular weight excluding hydrogens is 408 g/mol. The molecule has 3 aromatic rings. The first-order valence-corrected chi connectivity index (χ1v) is 11.1. The van der Waals surface area contributed by atoms with Crippen molar-refractivity contribution in [1.82, 2.24) is 20.1 Å². The van der Waals surface area contributed by atoms with Gasteiger partial charge in [0.15, 0.2) is 5.13 Å². The van der Waals surface area contributed by atoms with E-state index in [-0.39, 0.29) is 5.91 Å². The Labute approximate surface area is 177 Å². The lowest BCUT2D eigenvalue weighted by Gasteiger charge is -2.20. The Morgan fingerprint density at radius 2 is 2.03 bits per heavy atom. The SMILES string of the molecule is COc1ccc(NC(=O)c2nnc(CN3CCCN(c4nccs4)CC3)s2)cc1. The first-order chi connectivity index (χ1) is 14.2. The summed E-state index contributed by atoms with van der Waals surface area (Å²) in [6.45, 7) is 4.59. The number of benzene rings is 1. The van der Waals surface area contributed by atoms with Crippen molar-refractivity contribution in [2.24, 2.45) is 0 Å². The highest BCUT2D eigenvalue weighted by atomic mass is 32.1. The predicted molar refractivity (Wildman–Crippen MR) is 115 cm³/mol. The zero-order valence-electron chi connectivity index (χ0n) is 16.1. The van der Waals surface area contributed by atoms with E-state index in [1.54, 1.807) is 42.7 Å². The summed E-state index contributed by atoms with van der Waals surface area (Å²) in [7, 11) is 1.61. The van der Waals surface area contributed by atoms with Crippen LogP contribution in [-0.2, 0) is 6.54 Å². The van der Waals surface area contributed by atoms with Gasteiger partial charge < -0.3 is 15.0 Å². The van der Waals surface area contributed by atoms with Crippen LogP contribution in [0.15, 0.2) is 35.8 Å². The molecule has 0 spiro atoms. The normalized spacial score (nSPS) is 15.1. The first-order valence-electron chi connectivity index (χ1n) is 9.36. The van der Waals surface area contributed by atoms with Gasteiger partial charge in [0.25, 0.3) is 5.91 Å². The van der Waals surface area contributed by atoms with Gasteiger partial charge in [-0.25, -0.2) is 4.98 Å². The summed E-state index contributed by atoms with van der Waals surface area (Å²) < 4.78 is 5.13. The third-order valence-corrected chi connectivity index (χ3v) is 6.39. The number of methoxy groups -OCH3 is 1. The topological polar surface area (TPSA) is 83.5 Å². The summed E-state index contributed by atoms with van der Waals surface area (Å²) in [5.41, 5.74) is 0.697. The van der Waals surface area contributed by atoms with Gasteiger partial charge in [0.05, 0.1) is 13.7 Å². The fourth-order valence-corrected chi connectivity index (χ4v) is 4.63. The molecule has 3 heterocycles. The van der Waals surface area contributed by atoms with Gasteiger partial charge >= 0.3 is 0 Å². The van der Waals surface area contributed by atoms with Crippen molar-refractivity contribution in [1.29, 1.82) is 0 Å². The van der Waals surface area contributed by atoms with Gasteiger partial charge in [-0.05, 0) is 30.7 Å². The summed E-state index contributed by atoms with van der Waals surface area (Å²) in [6.07, 6.45) is 2.92. The third-order valence-electron chi connectivity index (χ3n) is 4.65. The van der Waals surface area contributed by atoms with Crippen LogP contribution in [0.25, 0.3) is 0 Å². The van der Waals surface area contributed by atoms with Crippen molar-refractivity contribution in [3.05, 3.63) is 45.9 Å². The molecule has 1 aromatic carbocycles. The number of hydrogen-bond acceptors (Lipinski definition) is 9. The van der Waals surface area contributed by atoms with Crippen molar-refractivity contribution in [3.8, 4) is 5.75 Å². The molecule has 0 saturated carbocycles. The predicted octanol–water partition coefficient (Wildman–Crippen LogP) is 2.97. The lowest BCUT2D eigenvalue weighted by atomic mass is 10.3. The molecule has 1 aliphatic rings. The van der Waals surface area contributed by atoms with E-state index in [9.17, 15) is 4.79 Å². The standard InChI is InChI=1S/C19H22N6O2S2/c1-27-15-5-3-14(4-6-15)21-17(26)18-23-22-16(29-18)13-24-8-2-9-25(11-10-24)19-20-7-12-28-19/h3-7,12H,2,8-11,13H2,1H3,(H,21,26). The van der Waals surface area contributed by atoms with Crippen LogP contribution in [0.3, 0.4) is 0 Å². The molecule has 1 amide bonds. The van der Waals surface area contributed by atoms with Gasteiger partial charge in [-0.15, -0.1) is 21.5 Å². The van der Waals surface area contributed by atoms with Crippen LogP contribution in [0.1, 0.15) is 21.2 Å². The minimum Gasteiger partial charge on any atom is -0.497 e. The molecule has 8 nitrogen and oxygen atoms in total. The van der Waals surface area contributed by atoms with E-state index < -0.39 is 0 Å². The van der Waals surface area contributed by atoms with Crippen LogP contribution < -0.4 is 15.0 Å². The number of aromatic nitrogens is 3. The Morgan fingerprint density at radius 3 is 2.79 bits per heavy atom. The lowest BCUT2D eigenvalue weighted by Crippen LogP contribution is -2.30. The van der Waals surface area contributed by atoms with Crippen molar-refractivity contribution < 1.29 is 9.53 Å². The number of hydrogen-bond donors (Lipinski definition) is 1. The van der Waals surface area contributed by atoms with Gasteiger partial charge in [0.1, 0.15) is 10.8 Å². The molecule has 0 aliphatic carbocycles. The highest BCUT2D eigenvalue weighted by molar-refractivity contribution is 7.13. The molecule has 152 valence electrons. The molecule has 0 radical (unpaired) electrons. The molecule has 1 fully saturated rings. The number of nitrogens with one attached hydrogen (secondary N) is 1. The Balaban J connectivity index is 1.32. The van der Waals surface area contributed by atoms with Crippen LogP contribution in [0.5, 0.6) is 5.75 Å². The molecule has 10 heteroatoms. The fourth-order valence-electron chi connectivity index (χ4n) is 3.15. The largest absolute Gasteiger partial charge is 0.497 e. The average Bonchev–Trinajstić information content (AvgIpc) is 3.38. The van der Waals surface area contributed by atoms with Crippen molar-refractivity contribution in [2.45, 2.75) is 13.0 Å². The molecule has 0 atom stereocenters. The Bertz CT molecular complexity index is 929. The number of ether oxygens (including phenoxy) is 1. The summed E-state index contributed by atoms with van der Waals surface area (Å²) in [4.78, 5) is 21.5. The van der Waals surface area contributed by atoms with E-state index >= 15 is 0 Å². The number of anilines is 2. The molecular formula is C19H22N6O2S2. The van der Waals surface area contributed by atoms with Crippen LogP contribution >= 0.6 is 22.7 Å². The zero-order chi connectivity index (χ0) is 20.1. The number of amides is 1. The monoisotopic (exact) mass is 430 g/mol. The van der Waals surface area contributed by atoms with E-state index in [0.29, 0.717) is 17.2 Å². The Kier molecular flexibility index (Phi) is 6.33. The maximum atomic E-state index is 12.4. The number of thiazole rings is 1. The van der Waals surface area contributed by atoms with Gasteiger partial charge in [-0.3, -0.25) is 9.69 Å². The van der Waals surface area contributed by atoms with Crippen LogP contribution in [0.2, 0.25) is 0 Å². The van der Waals surface area contributed by atoms with E-state index in [2.05, 4.69) is 30.3 Å². The minimum atomic E-state index is -0.246. The molecule has 4 rings (SSSR count). The summed E-state index contributed by atoms with van der Waals surface area (Å²) in [5, 5.41) is 15.5. The number of carbonyl (C=O) groups excluding carboxylic acids is 1. The average molecular weight is 431 g/mol. The van der Waals surface area contributed by atoms with Crippen molar-refractivity contribution in [3.63, 3.8) is 0 Å². The second-order valence-electron chi connectivity index (χ2n) is 6.62. The number of nitrogens with zero attached hydrogens (tertiary/aromatic N) is 5. The highest BCUT2D eigenvalue weighted by Crippen LogP contribution is 2.21. The molecule has 1 saturated heterocycles. The molecule has 29 heavy (non-hydrogen) atoms. The van der Waals surface area contributed by atoms with Gasteiger partial charge in [-0.2, -0.15) is 0 Å². The second kappa shape index (κ2) is 9.29. The second-order valence-corrected chi connectivity index (χ2v) is 8.55. The Hall–Kier alpha value is -2.56. The van der Waals surface area contributed by atoms with Gasteiger partial charge in [-0.1, -0.05) is 11.3 Å². The van der Waals surface area contributed by atoms with Crippen LogP contribution in [-0.4, -0.2) is 59.3 Å². The first kappa shape index (κ1) is 19.7. The minimum absolute atomic E-state index is 0.246. The molecule has 1 aliphatic heterocycles. The number of carbonyl (C=O) groups is 1. The maximum Gasteiger partial charge on any atom is 0.286 e. The summed E-state index contributed by atoms with van der Waals surface area (Å²) in [6, 6.07) is 7.19. The van der Waals surface area contributed by atoms with Crippen molar-refractivity contribution >= 4 is 39.4 Å². The van der Waals surface area contributed by atoms with Gasteiger partial charge in [0, 0.05) is 43.4 Å². The molecule has 2 aromatic heterocycles. The molecule has 0 unspecified atom stereocenters. The number of rotatable bonds is 6. The van der Waals surface area contributed by atoms with Crippen LogP contribution in [0, 0.1) is 0 Å². The van der Waals surface area contributed by atoms with E-state index in [4.69, 9.17) is 4.74 Å². The van der Waals surface area contributed by atoms with E-state index in [1.807, 2.05) is 11.6 Å². The fraction of sp³-hybridized carbons (Fsp3) is 0.368. The van der Waals surface area contributed by atoms with Gasteiger partial charge in [0.2, 0.25) is 5.01 Å². The summed E-state index contributed by atoms with van der Waals surface area (Å²) in [5.74, 6) is 0.497. The van der Waals surface area contributed by atoms with Crippen LogP contribution in [0.4, 0.5) is 10.8 Å². The smallest absolute Gasteiger partial charge is 0.286 e. The Morgan fingerprint density at radius 1 is 1.17 bits per heavy atom. The van der Waals surface area contributed by atoms with Crippen molar-refractivity contribution in [2.75, 3.05) is 43.5 Å². The molecule has 1 N–H and O–H groups in total.